The Hall–Kier alpha value is -1.02. The number of benzene rings is 1. The maximum atomic E-state index is 6.18. The molecule has 2 heteroatoms. The van der Waals surface area contributed by atoms with Crippen LogP contribution in [0.25, 0.3) is 0 Å². The molecule has 0 heterocycles. The molecule has 2 atom stereocenters. The van der Waals surface area contributed by atoms with E-state index in [1.54, 1.807) is 0 Å². The fourth-order valence-electron chi connectivity index (χ4n) is 2.11. The number of hydrogen-bond acceptors (Lipinski definition) is 2. The van der Waals surface area contributed by atoms with Crippen LogP contribution in [0.15, 0.2) is 24.3 Å². The molecule has 0 aliphatic rings. The van der Waals surface area contributed by atoms with Crippen LogP contribution < -0.4 is 10.1 Å². The van der Waals surface area contributed by atoms with Gasteiger partial charge in [-0.3, -0.25) is 0 Å². The molecule has 0 saturated carbocycles. The van der Waals surface area contributed by atoms with E-state index in [0.29, 0.717) is 11.8 Å². The Morgan fingerprint density at radius 2 is 1.62 bits per heavy atom. The first kappa shape index (κ1) is 18.0. The van der Waals surface area contributed by atoms with Gasteiger partial charge in [-0.05, 0) is 56.7 Å². The number of ether oxygens (including phenoxy) is 1. The first-order valence-electron chi connectivity index (χ1n) is 8.24. The highest BCUT2D eigenvalue weighted by Crippen LogP contribution is 2.23. The van der Waals surface area contributed by atoms with Crippen LogP contribution in [-0.2, 0) is 0 Å². The molecule has 0 aliphatic carbocycles. The highest BCUT2D eigenvalue weighted by molar-refractivity contribution is 5.29. The van der Waals surface area contributed by atoms with E-state index in [0.717, 1.165) is 12.3 Å². The van der Waals surface area contributed by atoms with Crippen LogP contribution in [0.4, 0.5) is 0 Å². The van der Waals surface area contributed by atoms with Crippen molar-refractivity contribution >= 4 is 0 Å². The largest absolute Gasteiger partial charge is 0.489 e. The van der Waals surface area contributed by atoms with E-state index in [1.807, 2.05) is 0 Å². The van der Waals surface area contributed by atoms with E-state index in [9.17, 15) is 0 Å². The maximum Gasteiger partial charge on any atom is 0.119 e. The second-order valence-corrected chi connectivity index (χ2v) is 7.41. The van der Waals surface area contributed by atoms with E-state index in [4.69, 9.17) is 4.74 Å². The molecule has 120 valence electrons. The zero-order chi connectivity index (χ0) is 16.0. The molecule has 0 fully saturated rings. The number of hydrogen-bond donors (Lipinski definition) is 1. The highest BCUT2D eigenvalue weighted by atomic mass is 16.5. The van der Waals surface area contributed by atoms with Crippen LogP contribution in [0.5, 0.6) is 5.75 Å². The Balaban J connectivity index is 2.67. The Morgan fingerprint density at radius 3 is 2.05 bits per heavy atom. The van der Waals surface area contributed by atoms with Crippen molar-refractivity contribution in [1.29, 1.82) is 0 Å². The molecule has 1 rings (SSSR count). The van der Waals surface area contributed by atoms with Crippen molar-refractivity contribution in [3.63, 3.8) is 0 Å². The minimum Gasteiger partial charge on any atom is -0.489 e. The van der Waals surface area contributed by atoms with Crippen LogP contribution in [-0.4, -0.2) is 18.2 Å². The minimum atomic E-state index is 0.122. The molecular formula is C19H33NO. The van der Waals surface area contributed by atoms with E-state index in [1.165, 1.54) is 12.0 Å². The lowest BCUT2D eigenvalue weighted by Gasteiger charge is -2.28. The molecule has 0 saturated heterocycles. The third-order valence-electron chi connectivity index (χ3n) is 3.93. The second-order valence-electron chi connectivity index (χ2n) is 7.41. The number of rotatable bonds is 7. The Bertz CT molecular complexity index is 403. The molecule has 2 nitrogen and oxygen atoms in total. The van der Waals surface area contributed by atoms with Gasteiger partial charge < -0.3 is 10.1 Å². The maximum absolute atomic E-state index is 6.18. The fourth-order valence-corrected chi connectivity index (χ4v) is 2.11. The van der Waals surface area contributed by atoms with E-state index >= 15 is 0 Å². The minimum absolute atomic E-state index is 0.122. The highest BCUT2D eigenvalue weighted by Gasteiger charge is 2.18. The summed E-state index contributed by atoms with van der Waals surface area (Å²) in [4.78, 5) is 0. The number of nitrogens with one attached hydrogen (secondary N) is 1. The summed E-state index contributed by atoms with van der Waals surface area (Å²) in [6.45, 7) is 16.3. The summed E-state index contributed by atoms with van der Waals surface area (Å²) in [6, 6.07) is 8.60. The van der Waals surface area contributed by atoms with Gasteiger partial charge >= 0.3 is 0 Å². The van der Waals surface area contributed by atoms with Crippen LogP contribution in [0, 0.1) is 5.92 Å². The van der Waals surface area contributed by atoms with Gasteiger partial charge in [-0.25, -0.2) is 0 Å². The topological polar surface area (TPSA) is 21.3 Å². The monoisotopic (exact) mass is 291 g/mol. The average molecular weight is 291 g/mol. The van der Waals surface area contributed by atoms with Crippen molar-refractivity contribution in [3.05, 3.63) is 29.8 Å². The molecule has 1 aromatic carbocycles. The van der Waals surface area contributed by atoms with Gasteiger partial charge in [0.15, 0.2) is 0 Å². The van der Waals surface area contributed by atoms with Crippen molar-refractivity contribution in [2.75, 3.05) is 6.54 Å². The summed E-state index contributed by atoms with van der Waals surface area (Å²) in [5.41, 5.74) is 1.51. The first-order valence-corrected chi connectivity index (χ1v) is 8.24. The lowest BCUT2D eigenvalue weighted by atomic mass is 9.99. The van der Waals surface area contributed by atoms with Gasteiger partial charge in [0.1, 0.15) is 11.9 Å². The van der Waals surface area contributed by atoms with Crippen LogP contribution >= 0.6 is 0 Å². The Morgan fingerprint density at radius 1 is 1.05 bits per heavy atom. The summed E-state index contributed by atoms with van der Waals surface area (Å²) in [5.74, 6) is 2.06. The Labute approximate surface area is 131 Å². The van der Waals surface area contributed by atoms with Crippen LogP contribution in [0.2, 0.25) is 0 Å². The van der Waals surface area contributed by atoms with Gasteiger partial charge in [0, 0.05) is 12.1 Å². The molecule has 0 aliphatic heterocycles. The van der Waals surface area contributed by atoms with Crippen molar-refractivity contribution in [1.82, 2.24) is 5.32 Å². The molecule has 2 unspecified atom stereocenters. The van der Waals surface area contributed by atoms with Gasteiger partial charge in [0.2, 0.25) is 0 Å². The van der Waals surface area contributed by atoms with Gasteiger partial charge in [-0.15, -0.1) is 0 Å². The molecule has 0 spiro atoms. The fraction of sp³-hybridized carbons (Fsp3) is 0.684. The summed E-state index contributed by atoms with van der Waals surface area (Å²) in [7, 11) is 0. The first-order chi connectivity index (χ1) is 9.73. The van der Waals surface area contributed by atoms with E-state index < -0.39 is 0 Å². The van der Waals surface area contributed by atoms with Gasteiger partial charge in [0.25, 0.3) is 0 Å². The Kier molecular flexibility index (Phi) is 6.73. The van der Waals surface area contributed by atoms with Gasteiger partial charge in [0.05, 0.1) is 0 Å². The van der Waals surface area contributed by atoms with Crippen molar-refractivity contribution in [3.8, 4) is 5.75 Å². The summed E-state index contributed by atoms with van der Waals surface area (Å²) >= 11 is 0. The van der Waals surface area contributed by atoms with Crippen LogP contribution in [0.1, 0.15) is 66.4 Å². The normalized spacial score (nSPS) is 15.0. The van der Waals surface area contributed by atoms with Crippen molar-refractivity contribution in [2.24, 2.45) is 5.92 Å². The summed E-state index contributed by atoms with van der Waals surface area (Å²) in [5, 5.41) is 3.54. The third kappa shape index (κ3) is 6.52. The van der Waals surface area contributed by atoms with Gasteiger partial charge in [-0.2, -0.15) is 0 Å². The molecular weight excluding hydrogens is 258 g/mol. The lowest BCUT2D eigenvalue weighted by Crippen LogP contribution is -2.44. The van der Waals surface area contributed by atoms with E-state index in [2.05, 4.69) is 78.0 Å². The van der Waals surface area contributed by atoms with Gasteiger partial charge in [-0.1, -0.05) is 39.8 Å². The summed E-state index contributed by atoms with van der Waals surface area (Å²) in [6.07, 6.45) is 1.36. The molecule has 0 bridgehead atoms. The molecule has 21 heavy (non-hydrogen) atoms. The second kappa shape index (κ2) is 7.84. The third-order valence-corrected chi connectivity index (χ3v) is 3.93. The molecule has 0 amide bonds. The zero-order valence-electron chi connectivity index (χ0n) is 14.9. The van der Waals surface area contributed by atoms with Crippen molar-refractivity contribution < 1.29 is 4.74 Å². The predicted octanol–water partition coefficient (Wildman–Crippen LogP) is 4.99. The smallest absolute Gasteiger partial charge is 0.119 e. The van der Waals surface area contributed by atoms with Crippen molar-refractivity contribution in [2.45, 2.75) is 72.4 Å². The molecule has 0 aromatic heterocycles. The predicted molar refractivity (Wildman–Crippen MR) is 92.2 cm³/mol. The van der Waals surface area contributed by atoms with E-state index in [-0.39, 0.29) is 11.6 Å². The summed E-state index contributed by atoms with van der Waals surface area (Å²) < 4.78 is 6.18. The standard InChI is InChI=1S/C19H33NO/c1-8-15(4)16-9-11-17(12-10-16)21-18(14(2)3)13-20-19(5,6)7/h9-12,14-15,18,20H,8,13H2,1-7H3. The quantitative estimate of drug-likeness (QED) is 0.764. The average Bonchev–Trinajstić information content (AvgIpc) is 2.42. The van der Waals surface area contributed by atoms with Crippen LogP contribution in [0.3, 0.4) is 0 Å². The molecule has 0 radical (unpaired) electrons. The molecule has 1 N–H and O–H groups in total. The molecule has 1 aromatic rings. The zero-order valence-corrected chi connectivity index (χ0v) is 14.9. The lowest BCUT2D eigenvalue weighted by molar-refractivity contribution is 0.139. The SMILES string of the molecule is CCC(C)c1ccc(OC(CNC(C)(C)C)C(C)C)cc1.